The van der Waals surface area contributed by atoms with Crippen LogP contribution in [0, 0.1) is 5.82 Å². The van der Waals surface area contributed by atoms with Gasteiger partial charge in [0.15, 0.2) is 0 Å². The number of fused-ring (bicyclic) bond motifs is 1. The number of aromatic nitrogens is 2. The first kappa shape index (κ1) is 25.6. The van der Waals surface area contributed by atoms with Gasteiger partial charge in [-0.2, -0.15) is 4.98 Å². The van der Waals surface area contributed by atoms with E-state index in [9.17, 15) is 9.59 Å². The van der Waals surface area contributed by atoms with Crippen molar-refractivity contribution in [1.29, 1.82) is 0 Å². The number of nitrogens with zero attached hydrogens (tertiary/aromatic N) is 4. The van der Waals surface area contributed by atoms with Crippen LogP contribution in [0.5, 0.6) is 5.88 Å². The van der Waals surface area contributed by atoms with Gasteiger partial charge in [-0.15, -0.1) is 0 Å². The van der Waals surface area contributed by atoms with Crippen LogP contribution in [-0.4, -0.2) is 78.3 Å². The van der Waals surface area contributed by atoms with Crippen LogP contribution in [0.1, 0.15) is 44.5 Å². The number of likely N-dealkylation sites (N-methyl/N-ethyl adjacent to an activating group) is 1. The van der Waals surface area contributed by atoms with Crippen LogP contribution < -0.4 is 20.3 Å². The molecule has 1 aromatic carbocycles. The van der Waals surface area contributed by atoms with Gasteiger partial charge in [-0.3, -0.25) is 4.79 Å². The van der Waals surface area contributed by atoms with E-state index in [0.717, 1.165) is 6.42 Å². The normalized spacial score (nSPS) is 19.3. The Balaban J connectivity index is 1.90. The van der Waals surface area contributed by atoms with Gasteiger partial charge in [0.1, 0.15) is 17.0 Å². The maximum Gasteiger partial charge on any atom is 0.319 e. The van der Waals surface area contributed by atoms with Crippen LogP contribution in [0.25, 0.3) is 11.3 Å². The highest BCUT2D eigenvalue weighted by molar-refractivity contribution is 6.03. The molecule has 2 N–H and O–H groups in total. The van der Waals surface area contributed by atoms with E-state index in [1.807, 2.05) is 20.8 Å². The van der Waals surface area contributed by atoms with Crippen LogP contribution in [-0.2, 0) is 4.74 Å². The Morgan fingerprint density at radius 2 is 2.06 bits per heavy atom. The molecule has 2 aliphatic rings. The molecule has 3 heterocycles. The van der Waals surface area contributed by atoms with E-state index in [1.54, 1.807) is 11.0 Å². The first-order chi connectivity index (χ1) is 17.2. The smallest absolute Gasteiger partial charge is 0.319 e. The number of rotatable bonds is 5. The molecule has 0 bridgehead atoms. The number of urea groups is 1. The van der Waals surface area contributed by atoms with Crippen LogP contribution in [0.15, 0.2) is 18.2 Å². The monoisotopic (exact) mass is 500 g/mol. The molecule has 0 unspecified atom stereocenters. The van der Waals surface area contributed by atoms with E-state index >= 15 is 4.39 Å². The van der Waals surface area contributed by atoms with Crippen molar-refractivity contribution in [1.82, 2.24) is 20.2 Å². The van der Waals surface area contributed by atoms with Gasteiger partial charge >= 0.3 is 6.03 Å². The van der Waals surface area contributed by atoms with Gasteiger partial charge in [0.25, 0.3) is 5.91 Å². The Labute approximate surface area is 210 Å². The van der Waals surface area contributed by atoms with E-state index in [0.29, 0.717) is 44.4 Å². The van der Waals surface area contributed by atoms with Gasteiger partial charge in [-0.25, -0.2) is 14.2 Å². The van der Waals surface area contributed by atoms with Crippen LogP contribution >= 0.6 is 0 Å². The van der Waals surface area contributed by atoms with E-state index in [2.05, 4.69) is 22.5 Å². The fourth-order valence-corrected chi connectivity index (χ4v) is 4.48. The topological polar surface area (TPSA) is 109 Å². The third kappa shape index (κ3) is 5.06. The first-order valence-electron chi connectivity index (χ1n) is 12.2. The Hall–Kier alpha value is -3.47. The summed E-state index contributed by atoms with van der Waals surface area (Å²) in [4.78, 5) is 38.6. The van der Waals surface area contributed by atoms with Crippen molar-refractivity contribution in [2.75, 3.05) is 50.1 Å². The second-order valence-corrected chi connectivity index (χ2v) is 9.46. The zero-order chi connectivity index (χ0) is 26.0. The summed E-state index contributed by atoms with van der Waals surface area (Å²) < 4.78 is 27.0. The Morgan fingerprint density at radius 3 is 2.72 bits per heavy atom. The molecule has 1 fully saturated rings. The van der Waals surface area contributed by atoms with Crippen molar-refractivity contribution in [2.45, 2.75) is 45.8 Å². The molecular formula is C25H33FN6O4. The summed E-state index contributed by atoms with van der Waals surface area (Å²) in [6.07, 6.45) is 0.819. The predicted octanol–water partition coefficient (Wildman–Crippen LogP) is 3.28. The second-order valence-electron chi connectivity index (χ2n) is 9.46. The van der Waals surface area contributed by atoms with Crippen molar-refractivity contribution in [3.8, 4) is 17.1 Å². The van der Waals surface area contributed by atoms with E-state index < -0.39 is 17.4 Å². The number of anilines is 2. The molecule has 11 heteroatoms. The van der Waals surface area contributed by atoms with E-state index in [-0.39, 0.29) is 34.8 Å². The zero-order valence-electron chi connectivity index (χ0n) is 21.4. The minimum Gasteiger partial charge on any atom is -0.469 e. The molecule has 1 saturated heterocycles. The molecule has 1 aromatic heterocycles. The number of hydrogen-bond donors (Lipinski definition) is 2. The standard InChI is InChI=1S/C25H33FN6O4/c1-6-16-13-35-11-10-32(16)23-29-20(15-8-9-18(17(26)12-15)28-24(34)27-5)19-21(30-23)36-25(3,4)14-31(7-2)22(19)33/h8-9,12,16H,6-7,10-11,13-14H2,1-5H3,(H2,27,28,34)/t16-/m0/s1. The van der Waals surface area contributed by atoms with Gasteiger partial charge in [0, 0.05) is 25.7 Å². The molecule has 0 radical (unpaired) electrons. The minimum absolute atomic E-state index is 0.0107. The van der Waals surface area contributed by atoms with E-state index in [4.69, 9.17) is 19.4 Å². The maximum absolute atomic E-state index is 15.0. The van der Waals surface area contributed by atoms with Crippen LogP contribution in [0.4, 0.5) is 20.8 Å². The summed E-state index contributed by atoms with van der Waals surface area (Å²) in [5.74, 6) is -0.352. The van der Waals surface area contributed by atoms with Gasteiger partial charge in [-0.1, -0.05) is 13.0 Å². The van der Waals surface area contributed by atoms with E-state index in [1.165, 1.54) is 19.2 Å². The summed E-state index contributed by atoms with van der Waals surface area (Å²) in [5.41, 5.74) is 0.170. The highest BCUT2D eigenvalue weighted by Crippen LogP contribution is 2.37. The lowest BCUT2D eigenvalue weighted by atomic mass is 10.0. The third-order valence-corrected chi connectivity index (χ3v) is 6.36. The average Bonchev–Trinajstić information content (AvgIpc) is 2.96. The number of halogens is 1. The molecule has 0 spiro atoms. The molecule has 36 heavy (non-hydrogen) atoms. The van der Waals surface area contributed by atoms with Gasteiger partial charge in [0.2, 0.25) is 11.8 Å². The zero-order valence-corrected chi connectivity index (χ0v) is 21.4. The summed E-state index contributed by atoms with van der Waals surface area (Å²) in [6, 6.07) is 3.84. The fourth-order valence-electron chi connectivity index (χ4n) is 4.48. The van der Waals surface area contributed by atoms with Crippen molar-refractivity contribution >= 4 is 23.6 Å². The van der Waals surface area contributed by atoms with Crippen molar-refractivity contribution < 1.29 is 23.5 Å². The molecule has 3 amide bonds. The largest absolute Gasteiger partial charge is 0.469 e. The number of ether oxygens (including phenoxy) is 2. The Kier molecular flexibility index (Phi) is 7.30. The number of hydrogen-bond acceptors (Lipinski definition) is 7. The minimum atomic E-state index is -0.693. The third-order valence-electron chi connectivity index (χ3n) is 6.36. The lowest BCUT2D eigenvalue weighted by molar-refractivity contribution is 0.0540. The second kappa shape index (κ2) is 10.3. The lowest BCUT2D eigenvalue weighted by Crippen LogP contribution is -2.46. The number of carbonyl (C=O) groups excluding carboxylic acids is 2. The number of amides is 3. The van der Waals surface area contributed by atoms with Gasteiger partial charge < -0.3 is 29.9 Å². The van der Waals surface area contributed by atoms with Crippen LogP contribution in [0.3, 0.4) is 0 Å². The van der Waals surface area contributed by atoms with Crippen molar-refractivity contribution in [3.05, 3.63) is 29.6 Å². The number of benzene rings is 1. The Morgan fingerprint density at radius 1 is 1.28 bits per heavy atom. The maximum atomic E-state index is 15.0. The molecule has 4 rings (SSSR count). The van der Waals surface area contributed by atoms with Gasteiger partial charge in [0.05, 0.1) is 37.2 Å². The number of nitrogens with one attached hydrogen (secondary N) is 2. The summed E-state index contributed by atoms with van der Waals surface area (Å²) in [7, 11) is 1.45. The molecular weight excluding hydrogens is 467 g/mol. The van der Waals surface area contributed by atoms with Gasteiger partial charge in [-0.05, 0) is 39.3 Å². The average molecular weight is 501 g/mol. The van der Waals surface area contributed by atoms with Crippen molar-refractivity contribution in [2.24, 2.45) is 0 Å². The number of morpholine rings is 1. The molecule has 2 aliphatic heterocycles. The number of carbonyl (C=O) groups is 2. The molecule has 0 aliphatic carbocycles. The summed E-state index contributed by atoms with van der Waals surface area (Å²) in [6.45, 7) is 10.2. The van der Waals surface area contributed by atoms with Crippen LogP contribution in [0.2, 0.25) is 0 Å². The van der Waals surface area contributed by atoms with Crippen molar-refractivity contribution in [3.63, 3.8) is 0 Å². The summed E-state index contributed by atoms with van der Waals surface area (Å²) in [5, 5.41) is 4.84. The molecule has 2 aromatic rings. The molecule has 10 nitrogen and oxygen atoms in total. The Bertz CT molecular complexity index is 1160. The lowest BCUT2D eigenvalue weighted by Gasteiger charge is -2.35. The molecule has 0 saturated carbocycles. The molecule has 194 valence electrons. The highest BCUT2D eigenvalue weighted by atomic mass is 19.1. The predicted molar refractivity (Wildman–Crippen MR) is 134 cm³/mol. The first-order valence-corrected chi connectivity index (χ1v) is 12.2. The quantitative estimate of drug-likeness (QED) is 0.649. The SMILES string of the molecule is CC[C@H]1COCCN1c1nc2c(c(-c3ccc(NC(=O)NC)c(F)c3)n1)C(=O)N(CC)CC(C)(C)O2. The highest BCUT2D eigenvalue weighted by Gasteiger charge is 2.38. The fraction of sp³-hybridized carbons (Fsp3) is 0.520. The molecule has 1 atom stereocenters. The summed E-state index contributed by atoms with van der Waals surface area (Å²) >= 11 is 0.